The number of anilines is 4. The van der Waals surface area contributed by atoms with Crippen LogP contribution >= 0.6 is 22.7 Å². The molecular formula is C30H36N8O2S2. The molecule has 0 spiro atoms. The molecule has 0 bridgehead atoms. The first-order valence-corrected chi connectivity index (χ1v) is 15.7. The molecule has 1 fully saturated rings. The second-order valence-corrected chi connectivity index (χ2v) is 13.0. The van der Waals surface area contributed by atoms with Crippen LogP contribution in [0.4, 0.5) is 21.6 Å². The summed E-state index contributed by atoms with van der Waals surface area (Å²) in [6.07, 6.45) is 4.53. The molecule has 0 unspecified atom stereocenters. The van der Waals surface area contributed by atoms with E-state index >= 15 is 0 Å². The SMILES string of the molecule is CN(C)c1cccc(CC(=O)Nc2nnc([C@H]3CCC[C@H](c4nnc(NC(=O)Cc5cccc(N(C)C)c5)s4)C3)s2)c1. The largest absolute Gasteiger partial charge is 0.378 e. The van der Waals surface area contributed by atoms with Gasteiger partial charge in [-0.05, 0) is 54.7 Å². The number of hydrogen-bond acceptors (Lipinski definition) is 10. The summed E-state index contributed by atoms with van der Waals surface area (Å²) in [4.78, 5) is 29.4. The second-order valence-electron chi connectivity index (χ2n) is 11.0. The minimum absolute atomic E-state index is 0.107. The zero-order valence-electron chi connectivity index (χ0n) is 24.3. The fourth-order valence-corrected chi connectivity index (χ4v) is 6.94. The predicted octanol–water partition coefficient (Wildman–Crippen LogP) is 5.33. The van der Waals surface area contributed by atoms with Gasteiger partial charge in [-0.1, -0.05) is 53.4 Å². The van der Waals surface area contributed by atoms with Gasteiger partial charge < -0.3 is 20.4 Å². The number of carbonyl (C=O) groups is 2. The minimum atomic E-state index is -0.107. The van der Waals surface area contributed by atoms with E-state index in [4.69, 9.17) is 0 Å². The lowest BCUT2D eigenvalue weighted by atomic mass is 9.82. The summed E-state index contributed by atoms with van der Waals surface area (Å²) in [5.74, 6) is 0.275. The Balaban J connectivity index is 1.14. The normalized spacial score (nSPS) is 16.6. The maximum atomic E-state index is 12.7. The molecule has 1 saturated carbocycles. The third-order valence-corrected chi connectivity index (χ3v) is 9.33. The second kappa shape index (κ2) is 13.4. The molecule has 220 valence electrons. The van der Waals surface area contributed by atoms with Gasteiger partial charge in [-0.15, -0.1) is 20.4 Å². The van der Waals surface area contributed by atoms with Crippen molar-refractivity contribution in [1.82, 2.24) is 20.4 Å². The molecule has 2 N–H and O–H groups in total. The molecule has 42 heavy (non-hydrogen) atoms. The fraction of sp³-hybridized carbons (Fsp3) is 0.400. The highest BCUT2D eigenvalue weighted by Crippen LogP contribution is 2.43. The maximum absolute atomic E-state index is 12.7. The number of aromatic nitrogens is 4. The van der Waals surface area contributed by atoms with E-state index in [0.29, 0.717) is 10.3 Å². The van der Waals surface area contributed by atoms with Gasteiger partial charge in [0.2, 0.25) is 22.1 Å². The molecule has 0 aliphatic heterocycles. The summed E-state index contributed by atoms with van der Waals surface area (Å²) in [5.41, 5.74) is 4.01. The molecule has 0 saturated heterocycles. The standard InChI is InChI=1S/C30H36N8O2S2/c1-37(2)23-12-5-8-19(14-23)16-25(39)31-29-35-33-27(41-29)21-10-7-11-22(18-21)28-34-36-30(42-28)32-26(40)17-20-9-6-13-24(15-20)38(3)4/h5-6,8-9,12-15,21-22H,7,10-11,16-18H2,1-4H3,(H,31,35,39)(H,32,36,40)/t21-,22-/m0/s1. The highest BCUT2D eigenvalue weighted by Gasteiger charge is 2.29. The zero-order chi connectivity index (χ0) is 29.6. The molecule has 2 atom stereocenters. The van der Waals surface area contributed by atoms with Gasteiger partial charge in [-0.2, -0.15) is 0 Å². The van der Waals surface area contributed by atoms with E-state index in [2.05, 4.69) is 31.0 Å². The lowest BCUT2D eigenvalue weighted by Gasteiger charge is -2.25. The Bertz CT molecular complexity index is 1420. The van der Waals surface area contributed by atoms with Crippen LogP contribution in [-0.4, -0.2) is 60.4 Å². The Morgan fingerprint density at radius 3 is 1.62 bits per heavy atom. The topological polar surface area (TPSA) is 116 Å². The van der Waals surface area contributed by atoms with E-state index in [0.717, 1.165) is 58.2 Å². The van der Waals surface area contributed by atoms with Crippen LogP contribution in [0.5, 0.6) is 0 Å². The van der Waals surface area contributed by atoms with Crippen molar-refractivity contribution < 1.29 is 9.59 Å². The molecule has 0 radical (unpaired) electrons. The third kappa shape index (κ3) is 7.68. The van der Waals surface area contributed by atoms with Crippen molar-refractivity contribution in [2.75, 3.05) is 48.6 Å². The van der Waals surface area contributed by atoms with E-state index in [1.165, 1.54) is 22.7 Å². The monoisotopic (exact) mass is 604 g/mol. The number of amides is 2. The van der Waals surface area contributed by atoms with Crippen molar-refractivity contribution in [3.63, 3.8) is 0 Å². The molecule has 2 heterocycles. The van der Waals surface area contributed by atoms with Gasteiger partial charge in [0.15, 0.2) is 0 Å². The average Bonchev–Trinajstić information content (AvgIpc) is 3.63. The van der Waals surface area contributed by atoms with Gasteiger partial charge in [0.05, 0.1) is 12.8 Å². The molecule has 10 nitrogen and oxygen atoms in total. The summed E-state index contributed by atoms with van der Waals surface area (Å²) in [5, 5.41) is 26.1. The molecule has 2 aromatic heterocycles. The molecule has 12 heteroatoms. The van der Waals surface area contributed by atoms with Gasteiger partial charge in [0.25, 0.3) is 0 Å². The van der Waals surface area contributed by atoms with E-state index in [9.17, 15) is 9.59 Å². The molecule has 5 rings (SSSR count). The molecule has 4 aromatic rings. The fourth-order valence-electron chi connectivity index (χ4n) is 5.13. The van der Waals surface area contributed by atoms with Crippen molar-refractivity contribution in [1.29, 1.82) is 0 Å². The summed E-state index contributed by atoms with van der Waals surface area (Å²) < 4.78 is 0. The van der Waals surface area contributed by atoms with E-state index in [1.54, 1.807) is 0 Å². The van der Waals surface area contributed by atoms with Gasteiger partial charge in [0, 0.05) is 51.4 Å². The average molecular weight is 605 g/mol. The summed E-state index contributed by atoms with van der Waals surface area (Å²) in [6.45, 7) is 0. The third-order valence-electron chi connectivity index (χ3n) is 7.33. The lowest BCUT2D eigenvalue weighted by molar-refractivity contribution is -0.116. The van der Waals surface area contributed by atoms with Crippen molar-refractivity contribution in [2.24, 2.45) is 0 Å². The number of benzene rings is 2. The van der Waals surface area contributed by atoms with E-state index in [1.807, 2.05) is 86.5 Å². The molecule has 1 aliphatic rings. The summed E-state index contributed by atoms with van der Waals surface area (Å²) >= 11 is 2.89. The number of rotatable bonds is 10. The Morgan fingerprint density at radius 1 is 0.738 bits per heavy atom. The van der Waals surface area contributed by atoms with Gasteiger partial charge in [-0.3, -0.25) is 9.59 Å². The smallest absolute Gasteiger partial charge is 0.230 e. The first-order chi connectivity index (χ1) is 20.2. The van der Waals surface area contributed by atoms with Crippen LogP contribution in [0.15, 0.2) is 48.5 Å². The minimum Gasteiger partial charge on any atom is -0.378 e. The summed E-state index contributed by atoms with van der Waals surface area (Å²) in [6, 6.07) is 15.9. The van der Waals surface area contributed by atoms with Crippen LogP contribution in [0.1, 0.15) is 58.7 Å². The molecule has 2 aromatic carbocycles. The Labute approximate surface area is 254 Å². The van der Waals surface area contributed by atoms with Crippen LogP contribution in [0.25, 0.3) is 0 Å². The first-order valence-electron chi connectivity index (χ1n) is 14.0. The van der Waals surface area contributed by atoms with Gasteiger partial charge in [0.1, 0.15) is 10.0 Å². The number of nitrogens with zero attached hydrogens (tertiary/aromatic N) is 6. The maximum Gasteiger partial charge on any atom is 0.230 e. The van der Waals surface area contributed by atoms with Crippen molar-refractivity contribution in [3.05, 3.63) is 69.7 Å². The van der Waals surface area contributed by atoms with E-state index in [-0.39, 0.29) is 36.5 Å². The summed E-state index contributed by atoms with van der Waals surface area (Å²) in [7, 11) is 7.92. The molecular weight excluding hydrogens is 569 g/mol. The van der Waals surface area contributed by atoms with Crippen LogP contribution in [0.3, 0.4) is 0 Å². The Hall–Kier alpha value is -3.90. The highest BCUT2D eigenvalue weighted by molar-refractivity contribution is 7.15. The van der Waals surface area contributed by atoms with Gasteiger partial charge >= 0.3 is 0 Å². The van der Waals surface area contributed by atoms with Crippen LogP contribution in [0, 0.1) is 0 Å². The Morgan fingerprint density at radius 2 is 1.19 bits per heavy atom. The lowest BCUT2D eigenvalue weighted by Crippen LogP contribution is -2.15. The van der Waals surface area contributed by atoms with Crippen molar-refractivity contribution in [2.45, 2.75) is 50.4 Å². The van der Waals surface area contributed by atoms with Crippen molar-refractivity contribution in [3.8, 4) is 0 Å². The van der Waals surface area contributed by atoms with Crippen LogP contribution in [-0.2, 0) is 22.4 Å². The quantitative estimate of drug-likeness (QED) is 0.250. The van der Waals surface area contributed by atoms with Gasteiger partial charge in [-0.25, -0.2) is 0 Å². The number of carbonyl (C=O) groups excluding carboxylic acids is 2. The van der Waals surface area contributed by atoms with E-state index < -0.39 is 0 Å². The van der Waals surface area contributed by atoms with Crippen LogP contribution in [0.2, 0.25) is 0 Å². The molecule has 1 aliphatic carbocycles. The number of nitrogens with one attached hydrogen (secondary N) is 2. The Kier molecular flexibility index (Phi) is 9.43. The zero-order valence-corrected chi connectivity index (χ0v) is 26.0. The van der Waals surface area contributed by atoms with Crippen molar-refractivity contribution >= 4 is 56.1 Å². The number of hydrogen-bond donors (Lipinski definition) is 2. The first kappa shape index (κ1) is 29.6. The molecule has 2 amide bonds. The highest BCUT2D eigenvalue weighted by atomic mass is 32.1. The predicted molar refractivity (Wildman–Crippen MR) is 170 cm³/mol. The van der Waals surface area contributed by atoms with Crippen LogP contribution < -0.4 is 20.4 Å².